The first-order valence-electron chi connectivity index (χ1n) is 5.28. The molecule has 86 valence electrons. The summed E-state index contributed by atoms with van der Waals surface area (Å²) in [6.07, 6.45) is 2.82. The zero-order valence-corrected chi connectivity index (χ0v) is 10.1. The fraction of sp³-hybridized carbons (Fsp3) is 0.417. The van der Waals surface area contributed by atoms with Crippen molar-refractivity contribution in [2.75, 3.05) is 18.6 Å². The van der Waals surface area contributed by atoms with Gasteiger partial charge in [0.15, 0.2) is 0 Å². The Hall–Kier alpha value is -1.16. The van der Waals surface area contributed by atoms with Gasteiger partial charge in [-0.15, -0.1) is 0 Å². The summed E-state index contributed by atoms with van der Waals surface area (Å²) in [7, 11) is 0. The number of fused-ring (bicyclic) bond motifs is 1. The first kappa shape index (κ1) is 11.3. The number of benzene rings is 1. The van der Waals surface area contributed by atoms with Gasteiger partial charge in [-0.05, 0) is 35.9 Å². The molecule has 1 N–H and O–H groups in total. The number of carbonyl (C=O) groups is 1. The molecule has 0 aliphatic carbocycles. The summed E-state index contributed by atoms with van der Waals surface area (Å²) < 4.78 is 0. The Morgan fingerprint density at radius 3 is 3.06 bits per heavy atom. The molecule has 1 heterocycles. The van der Waals surface area contributed by atoms with Gasteiger partial charge in [0.2, 0.25) is 5.91 Å². The third-order valence-corrected chi connectivity index (χ3v) is 3.36. The Morgan fingerprint density at radius 2 is 2.31 bits per heavy atom. The maximum atomic E-state index is 11.7. The van der Waals surface area contributed by atoms with Gasteiger partial charge >= 0.3 is 0 Å². The predicted octanol–water partition coefficient (Wildman–Crippen LogP) is 1.64. The SMILES string of the molecule is CSCC(=O)N1CCc2ccc(O)cc2C1. The molecule has 0 aromatic heterocycles. The highest BCUT2D eigenvalue weighted by atomic mass is 32.2. The number of hydrogen-bond acceptors (Lipinski definition) is 3. The van der Waals surface area contributed by atoms with Gasteiger partial charge in [-0.3, -0.25) is 4.79 Å². The molecule has 0 fully saturated rings. The van der Waals surface area contributed by atoms with Crippen LogP contribution >= 0.6 is 11.8 Å². The van der Waals surface area contributed by atoms with E-state index in [-0.39, 0.29) is 11.7 Å². The molecule has 2 rings (SSSR count). The molecule has 0 atom stereocenters. The first-order valence-corrected chi connectivity index (χ1v) is 6.67. The molecule has 1 aliphatic rings. The highest BCUT2D eigenvalue weighted by molar-refractivity contribution is 7.99. The van der Waals surface area contributed by atoms with Crippen molar-refractivity contribution < 1.29 is 9.90 Å². The molecular formula is C12H15NO2S. The van der Waals surface area contributed by atoms with E-state index in [9.17, 15) is 9.90 Å². The Labute approximate surface area is 99.5 Å². The summed E-state index contributed by atoms with van der Waals surface area (Å²) in [4.78, 5) is 13.6. The van der Waals surface area contributed by atoms with Crippen LogP contribution < -0.4 is 0 Å². The lowest BCUT2D eigenvalue weighted by Crippen LogP contribution is -2.36. The molecule has 1 aromatic carbocycles. The highest BCUT2D eigenvalue weighted by Gasteiger charge is 2.20. The molecule has 0 bridgehead atoms. The zero-order valence-electron chi connectivity index (χ0n) is 9.27. The van der Waals surface area contributed by atoms with Crippen molar-refractivity contribution in [3.8, 4) is 5.75 Å². The number of aromatic hydroxyl groups is 1. The van der Waals surface area contributed by atoms with Crippen LogP contribution in [0.2, 0.25) is 0 Å². The van der Waals surface area contributed by atoms with Crippen LogP contribution in [0.15, 0.2) is 18.2 Å². The maximum absolute atomic E-state index is 11.7. The summed E-state index contributed by atoms with van der Waals surface area (Å²) >= 11 is 1.55. The normalized spacial score (nSPS) is 14.7. The molecule has 0 saturated heterocycles. The van der Waals surface area contributed by atoms with Gasteiger partial charge in [0.25, 0.3) is 0 Å². The van der Waals surface area contributed by atoms with E-state index >= 15 is 0 Å². The van der Waals surface area contributed by atoms with Gasteiger partial charge in [-0.1, -0.05) is 6.07 Å². The molecule has 0 unspecified atom stereocenters. The van der Waals surface area contributed by atoms with Gasteiger partial charge in [0.05, 0.1) is 5.75 Å². The van der Waals surface area contributed by atoms with Crippen molar-refractivity contribution >= 4 is 17.7 Å². The minimum Gasteiger partial charge on any atom is -0.508 e. The number of nitrogens with zero attached hydrogens (tertiary/aromatic N) is 1. The van der Waals surface area contributed by atoms with Crippen molar-refractivity contribution in [3.63, 3.8) is 0 Å². The van der Waals surface area contributed by atoms with Gasteiger partial charge in [0, 0.05) is 13.1 Å². The average Bonchev–Trinajstić information content (AvgIpc) is 2.28. The van der Waals surface area contributed by atoms with Crippen molar-refractivity contribution in [2.45, 2.75) is 13.0 Å². The van der Waals surface area contributed by atoms with Gasteiger partial charge in [-0.2, -0.15) is 11.8 Å². The molecule has 0 saturated carbocycles. The number of hydrogen-bond donors (Lipinski definition) is 1. The van der Waals surface area contributed by atoms with Crippen LogP contribution in [-0.2, 0) is 17.8 Å². The topological polar surface area (TPSA) is 40.5 Å². The van der Waals surface area contributed by atoms with E-state index in [1.165, 1.54) is 5.56 Å². The molecule has 0 spiro atoms. The summed E-state index contributed by atoms with van der Waals surface area (Å²) in [5, 5.41) is 9.41. The predicted molar refractivity (Wildman–Crippen MR) is 65.6 cm³/mol. The van der Waals surface area contributed by atoms with Gasteiger partial charge in [0.1, 0.15) is 5.75 Å². The maximum Gasteiger partial charge on any atom is 0.232 e. The van der Waals surface area contributed by atoms with E-state index < -0.39 is 0 Å². The second-order valence-corrected chi connectivity index (χ2v) is 4.82. The third kappa shape index (κ3) is 2.32. The molecule has 1 aliphatic heterocycles. The van der Waals surface area contributed by atoms with Crippen LogP contribution in [0.25, 0.3) is 0 Å². The smallest absolute Gasteiger partial charge is 0.232 e. The van der Waals surface area contributed by atoms with E-state index in [1.54, 1.807) is 23.9 Å². The van der Waals surface area contributed by atoms with E-state index in [0.29, 0.717) is 12.3 Å². The summed E-state index contributed by atoms with van der Waals surface area (Å²) in [5.74, 6) is 0.994. The second-order valence-electron chi connectivity index (χ2n) is 3.95. The third-order valence-electron chi connectivity index (χ3n) is 2.82. The van der Waals surface area contributed by atoms with E-state index in [0.717, 1.165) is 18.5 Å². The first-order chi connectivity index (χ1) is 7.70. The number of carbonyl (C=O) groups excluding carboxylic acids is 1. The summed E-state index contributed by atoms with van der Waals surface area (Å²) in [6.45, 7) is 1.42. The van der Waals surface area contributed by atoms with Crippen LogP contribution in [0.4, 0.5) is 0 Å². The van der Waals surface area contributed by atoms with Crippen LogP contribution in [0.3, 0.4) is 0 Å². The highest BCUT2D eigenvalue weighted by Crippen LogP contribution is 2.23. The van der Waals surface area contributed by atoms with Crippen molar-refractivity contribution in [1.82, 2.24) is 4.90 Å². The zero-order chi connectivity index (χ0) is 11.5. The van der Waals surface area contributed by atoms with E-state index in [4.69, 9.17) is 0 Å². The monoisotopic (exact) mass is 237 g/mol. The molecule has 16 heavy (non-hydrogen) atoms. The van der Waals surface area contributed by atoms with Crippen molar-refractivity contribution in [1.29, 1.82) is 0 Å². The van der Waals surface area contributed by atoms with Crippen molar-refractivity contribution in [3.05, 3.63) is 29.3 Å². The second kappa shape index (κ2) is 4.78. The lowest BCUT2D eigenvalue weighted by molar-refractivity contribution is -0.129. The Kier molecular flexibility index (Phi) is 3.39. The van der Waals surface area contributed by atoms with Gasteiger partial charge < -0.3 is 10.0 Å². The van der Waals surface area contributed by atoms with Crippen LogP contribution in [0.5, 0.6) is 5.75 Å². The average molecular weight is 237 g/mol. The number of rotatable bonds is 2. The Bertz CT molecular complexity index is 406. The van der Waals surface area contributed by atoms with Crippen LogP contribution in [-0.4, -0.2) is 34.5 Å². The van der Waals surface area contributed by atoms with Crippen LogP contribution in [0, 0.1) is 0 Å². The summed E-state index contributed by atoms with van der Waals surface area (Å²) in [5.41, 5.74) is 2.31. The van der Waals surface area contributed by atoms with Crippen LogP contribution in [0.1, 0.15) is 11.1 Å². The van der Waals surface area contributed by atoms with Crippen molar-refractivity contribution in [2.24, 2.45) is 0 Å². The fourth-order valence-electron chi connectivity index (χ4n) is 1.97. The molecule has 1 aromatic rings. The Balaban J connectivity index is 2.13. The number of thioether (sulfide) groups is 1. The summed E-state index contributed by atoms with van der Waals surface area (Å²) in [6, 6.07) is 5.41. The number of amides is 1. The standard InChI is InChI=1S/C12H15NO2S/c1-16-8-12(15)13-5-4-9-2-3-11(14)6-10(9)7-13/h2-3,6,14H,4-5,7-8H2,1H3. The molecule has 4 heteroatoms. The number of phenolic OH excluding ortho intramolecular Hbond substituents is 1. The number of phenols is 1. The minimum atomic E-state index is 0.182. The fourth-order valence-corrected chi connectivity index (χ4v) is 2.40. The van der Waals surface area contributed by atoms with E-state index in [1.807, 2.05) is 17.2 Å². The minimum absolute atomic E-state index is 0.182. The molecule has 0 radical (unpaired) electrons. The quantitative estimate of drug-likeness (QED) is 0.850. The molecule has 3 nitrogen and oxygen atoms in total. The Morgan fingerprint density at radius 1 is 1.50 bits per heavy atom. The van der Waals surface area contributed by atoms with E-state index in [2.05, 4.69) is 0 Å². The lowest BCUT2D eigenvalue weighted by Gasteiger charge is -2.28. The molecular weight excluding hydrogens is 222 g/mol. The van der Waals surface area contributed by atoms with Gasteiger partial charge in [-0.25, -0.2) is 0 Å². The largest absolute Gasteiger partial charge is 0.508 e. The molecule has 1 amide bonds. The lowest BCUT2D eigenvalue weighted by atomic mass is 9.99.